The molecule has 0 bridgehead atoms. The van der Waals surface area contributed by atoms with Crippen LogP contribution in [0.4, 0.5) is 5.82 Å². The van der Waals surface area contributed by atoms with Crippen molar-refractivity contribution in [3.63, 3.8) is 0 Å². The Hall–Kier alpha value is -1.05. The Labute approximate surface area is 98.7 Å². The number of hydrogen-bond acceptors (Lipinski definition) is 2. The van der Waals surface area contributed by atoms with E-state index in [1.165, 1.54) is 31.5 Å². The fourth-order valence-electron chi connectivity index (χ4n) is 2.44. The summed E-state index contributed by atoms with van der Waals surface area (Å²) in [7, 11) is 0. The van der Waals surface area contributed by atoms with Crippen LogP contribution < -0.4 is 4.90 Å². The van der Waals surface area contributed by atoms with Crippen LogP contribution in [-0.4, -0.2) is 18.1 Å². The first-order valence-corrected chi connectivity index (χ1v) is 6.34. The third kappa shape index (κ3) is 2.55. The van der Waals surface area contributed by atoms with Crippen LogP contribution >= 0.6 is 0 Å². The van der Waals surface area contributed by atoms with E-state index in [0.29, 0.717) is 0 Å². The number of aromatic nitrogens is 1. The molecule has 16 heavy (non-hydrogen) atoms. The van der Waals surface area contributed by atoms with Gasteiger partial charge in [0.15, 0.2) is 0 Å². The first-order valence-electron chi connectivity index (χ1n) is 6.34. The van der Waals surface area contributed by atoms with Crippen molar-refractivity contribution in [2.24, 2.45) is 11.8 Å². The summed E-state index contributed by atoms with van der Waals surface area (Å²) in [5.41, 5.74) is 1.24. The molecule has 1 aromatic heterocycles. The minimum Gasteiger partial charge on any atom is -0.357 e. The Morgan fingerprint density at radius 3 is 2.44 bits per heavy atom. The molecule has 0 unspecified atom stereocenters. The highest BCUT2D eigenvalue weighted by Gasteiger charge is 2.21. The van der Waals surface area contributed by atoms with Gasteiger partial charge >= 0.3 is 0 Å². The molecule has 0 atom stereocenters. The lowest BCUT2D eigenvalue weighted by atomic mass is 9.87. The Morgan fingerprint density at radius 2 is 1.94 bits per heavy atom. The molecule has 1 fully saturated rings. The number of rotatable bonds is 2. The first kappa shape index (κ1) is 11.4. The molecule has 2 heteroatoms. The van der Waals surface area contributed by atoms with E-state index in [-0.39, 0.29) is 0 Å². The number of hydrogen-bond donors (Lipinski definition) is 0. The van der Waals surface area contributed by atoms with Crippen molar-refractivity contribution in [2.75, 3.05) is 18.0 Å². The van der Waals surface area contributed by atoms with Crippen molar-refractivity contribution in [2.45, 2.75) is 33.6 Å². The molecule has 0 aliphatic carbocycles. The van der Waals surface area contributed by atoms with Gasteiger partial charge in [-0.15, -0.1) is 0 Å². The predicted octanol–water partition coefficient (Wildman–Crippen LogP) is 3.26. The highest BCUT2D eigenvalue weighted by molar-refractivity contribution is 5.39. The molecule has 1 aliphatic rings. The standard InChI is InChI=1S/C14H22N2/c1-11(2)13-6-8-16(9-7-13)14-5-4-12(3)10-15-14/h4-5,10-11,13H,6-9H2,1-3H3. The van der Waals surface area contributed by atoms with Crippen molar-refractivity contribution in [1.82, 2.24) is 4.98 Å². The molecule has 2 nitrogen and oxygen atoms in total. The van der Waals surface area contributed by atoms with E-state index in [4.69, 9.17) is 0 Å². The van der Waals surface area contributed by atoms with Gasteiger partial charge in [0.05, 0.1) is 0 Å². The fourth-order valence-corrected chi connectivity index (χ4v) is 2.44. The lowest BCUT2D eigenvalue weighted by Gasteiger charge is -2.34. The van der Waals surface area contributed by atoms with Crippen molar-refractivity contribution >= 4 is 5.82 Å². The molecule has 1 aliphatic heterocycles. The normalized spacial score (nSPS) is 18.1. The second-order valence-electron chi connectivity index (χ2n) is 5.26. The Bertz CT molecular complexity index is 321. The molecule has 2 heterocycles. The van der Waals surface area contributed by atoms with E-state index < -0.39 is 0 Å². The second-order valence-corrected chi connectivity index (χ2v) is 5.26. The van der Waals surface area contributed by atoms with Gasteiger partial charge in [-0.25, -0.2) is 4.98 Å². The maximum Gasteiger partial charge on any atom is 0.128 e. The molecular weight excluding hydrogens is 196 g/mol. The minimum absolute atomic E-state index is 0.827. The molecule has 88 valence electrons. The van der Waals surface area contributed by atoms with Gasteiger partial charge < -0.3 is 4.90 Å². The van der Waals surface area contributed by atoms with E-state index in [1.54, 1.807) is 0 Å². The third-order valence-corrected chi connectivity index (χ3v) is 3.70. The van der Waals surface area contributed by atoms with Crippen LogP contribution in [0.3, 0.4) is 0 Å². The number of pyridine rings is 1. The van der Waals surface area contributed by atoms with Crippen LogP contribution in [0.25, 0.3) is 0 Å². The molecule has 2 rings (SSSR count). The molecule has 0 radical (unpaired) electrons. The SMILES string of the molecule is Cc1ccc(N2CCC(C(C)C)CC2)nc1. The van der Waals surface area contributed by atoms with Gasteiger partial charge in [0.2, 0.25) is 0 Å². The van der Waals surface area contributed by atoms with E-state index in [1.807, 2.05) is 6.20 Å². The summed E-state index contributed by atoms with van der Waals surface area (Å²) in [6.07, 6.45) is 4.59. The van der Waals surface area contributed by atoms with Gasteiger partial charge in [-0.05, 0) is 43.2 Å². The van der Waals surface area contributed by atoms with Gasteiger partial charge in [-0.2, -0.15) is 0 Å². The lowest BCUT2D eigenvalue weighted by molar-refractivity contribution is 0.310. The van der Waals surface area contributed by atoms with Gasteiger partial charge in [0.25, 0.3) is 0 Å². The van der Waals surface area contributed by atoms with Crippen molar-refractivity contribution < 1.29 is 0 Å². The molecule has 0 spiro atoms. The molecule has 1 aromatic rings. The van der Waals surface area contributed by atoms with E-state index in [0.717, 1.165) is 17.7 Å². The molecular formula is C14H22N2. The summed E-state index contributed by atoms with van der Waals surface area (Å²) in [6.45, 7) is 9.09. The zero-order valence-corrected chi connectivity index (χ0v) is 10.6. The number of anilines is 1. The molecule has 0 aromatic carbocycles. The highest BCUT2D eigenvalue weighted by Crippen LogP contribution is 2.26. The summed E-state index contributed by atoms with van der Waals surface area (Å²) < 4.78 is 0. The molecule has 0 N–H and O–H groups in total. The van der Waals surface area contributed by atoms with Crippen LogP contribution in [-0.2, 0) is 0 Å². The van der Waals surface area contributed by atoms with Crippen LogP contribution in [0.5, 0.6) is 0 Å². The summed E-state index contributed by atoms with van der Waals surface area (Å²) in [6, 6.07) is 4.29. The van der Waals surface area contributed by atoms with Crippen molar-refractivity contribution in [1.29, 1.82) is 0 Å². The van der Waals surface area contributed by atoms with Crippen LogP contribution in [0.2, 0.25) is 0 Å². The van der Waals surface area contributed by atoms with E-state index >= 15 is 0 Å². The first-order chi connectivity index (χ1) is 7.66. The zero-order valence-electron chi connectivity index (χ0n) is 10.6. The summed E-state index contributed by atoms with van der Waals surface area (Å²) >= 11 is 0. The lowest BCUT2D eigenvalue weighted by Crippen LogP contribution is -2.35. The largest absolute Gasteiger partial charge is 0.357 e. The highest BCUT2D eigenvalue weighted by atomic mass is 15.2. The van der Waals surface area contributed by atoms with Crippen molar-refractivity contribution in [3.8, 4) is 0 Å². The summed E-state index contributed by atoms with van der Waals surface area (Å²) in [5, 5.41) is 0. The number of nitrogens with zero attached hydrogens (tertiary/aromatic N) is 2. The van der Waals surface area contributed by atoms with Gasteiger partial charge in [-0.3, -0.25) is 0 Å². The van der Waals surface area contributed by atoms with E-state index in [2.05, 4.69) is 42.8 Å². The Morgan fingerprint density at radius 1 is 1.25 bits per heavy atom. The van der Waals surface area contributed by atoms with Crippen LogP contribution in [0.15, 0.2) is 18.3 Å². The van der Waals surface area contributed by atoms with Gasteiger partial charge in [0, 0.05) is 19.3 Å². The van der Waals surface area contributed by atoms with Crippen LogP contribution in [0, 0.1) is 18.8 Å². The average Bonchev–Trinajstić information content (AvgIpc) is 2.30. The van der Waals surface area contributed by atoms with E-state index in [9.17, 15) is 0 Å². The number of aryl methyl sites for hydroxylation is 1. The Balaban J connectivity index is 1.96. The topological polar surface area (TPSA) is 16.1 Å². The Kier molecular flexibility index (Phi) is 3.47. The quantitative estimate of drug-likeness (QED) is 0.757. The number of piperidine rings is 1. The molecule has 0 amide bonds. The second kappa shape index (κ2) is 4.86. The van der Waals surface area contributed by atoms with Gasteiger partial charge in [0.1, 0.15) is 5.82 Å². The maximum atomic E-state index is 4.50. The average molecular weight is 218 g/mol. The maximum absolute atomic E-state index is 4.50. The zero-order chi connectivity index (χ0) is 11.5. The molecule has 1 saturated heterocycles. The summed E-state index contributed by atoms with van der Waals surface area (Å²) in [5.74, 6) is 2.88. The summed E-state index contributed by atoms with van der Waals surface area (Å²) in [4.78, 5) is 6.91. The van der Waals surface area contributed by atoms with Crippen LogP contribution in [0.1, 0.15) is 32.3 Å². The monoisotopic (exact) mass is 218 g/mol. The van der Waals surface area contributed by atoms with Gasteiger partial charge in [-0.1, -0.05) is 19.9 Å². The third-order valence-electron chi connectivity index (χ3n) is 3.70. The molecule has 0 saturated carbocycles. The van der Waals surface area contributed by atoms with Crippen molar-refractivity contribution in [3.05, 3.63) is 23.9 Å². The smallest absolute Gasteiger partial charge is 0.128 e. The minimum atomic E-state index is 0.827. The fraction of sp³-hybridized carbons (Fsp3) is 0.643. The predicted molar refractivity (Wildman–Crippen MR) is 68.7 cm³/mol.